The molecule has 2 aromatic carbocycles. The molecule has 0 saturated heterocycles. The number of hydrogen-bond acceptors (Lipinski definition) is 4. The molecule has 0 aliphatic rings. The number of hydrogen-bond donors (Lipinski definition) is 1. The molecule has 0 radical (unpaired) electrons. The molecule has 0 amide bonds. The van der Waals surface area contributed by atoms with Crippen molar-refractivity contribution in [2.45, 2.75) is 24.8 Å². The molecule has 1 N–H and O–H groups in total. The molecule has 3 rings (SSSR count). The monoisotopic (exact) mass is 399 g/mol. The lowest BCUT2D eigenvalue weighted by atomic mass is 10.2. The Kier molecular flexibility index (Phi) is 6.97. The van der Waals surface area contributed by atoms with Crippen molar-refractivity contribution in [3.8, 4) is 11.3 Å². The van der Waals surface area contributed by atoms with Crippen molar-refractivity contribution in [2.75, 3.05) is 19.8 Å². The van der Waals surface area contributed by atoms with Crippen molar-refractivity contribution in [3.05, 3.63) is 72.4 Å². The Morgan fingerprint density at radius 2 is 1.71 bits per heavy atom. The van der Waals surface area contributed by atoms with Gasteiger partial charge in [0.05, 0.1) is 6.54 Å². The highest BCUT2D eigenvalue weighted by molar-refractivity contribution is 7.89. The van der Waals surface area contributed by atoms with E-state index in [9.17, 15) is 8.42 Å². The van der Waals surface area contributed by atoms with Gasteiger partial charge in [-0.05, 0) is 18.9 Å². The molecule has 0 fully saturated rings. The molecule has 0 spiro atoms. The minimum atomic E-state index is -3.69. The van der Waals surface area contributed by atoms with Crippen LogP contribution in [0.25, 0.3) is 11.3 Å². The first-order valence-electron chi connectivity index (χ1n) is 9.34. The molecule has 0 unspecified atom stereocenters. The molecular formula is C21H25N3O3S. The maximum Gasteiger partial charge on any atom is 0.244 e. The second kappa shape index (κ2) is 9.64. The Morgan fingerprint density at radius 1 is 1.04 bits per heavy atom. The summed E-state index contributed by atoms with van der Waals surface area (Å²) in [7, 11) is -3.69. The highest BCUT2D eigenvalue weighted by atomic mass is 32.2. The van der Waals surface area contributed by atoms with Gasteiger partial charge in [0, 0.05) is 31.5 Å². The van der Waals surface area contributed by atoms with Crippen LogP contribution in [-0.4, -0.2) is 38.0 Å². The first-order valence-corrected chi connectivity index (χ1v) is 10.8. The van der Waals surface area contributed by atoms with Crippen LogP contribution in [0.3, 0.4) is 0 Å². The average molecular weight is 400 g/mol. The van der Waals surface area contributed by atoms with Crippen LogP contribution in [0.5, 0.6) is 0 Å². The number of ether oxygens (including phenoxy) is 1. The van der Waals surface area contributed by atoms with E-state index in [1.807, 2.05) is 67.6 Å². The molecule has 7 heteroatoms. The summed E-state index contributed by atoms with van der Waals surface area (Å²) in [6.07, 6.45) is 2.21. The normalized spacial score (nSPS) is 11.6. The fraction of sp³-hybridized carbons (Fsp3) is 0.286. The molecule has 1 heterocycles. The number of nitrogens with one attached hydrogen (secondary N) is 1. The zero-order valence-electron chi connectivity index (χ0n) is 15.9. The van der Waals surface area contributed by atoms with Crippen molar-refractivity contribution in [1.29, 1.82) is 0 Å². The SMILES string of the molecule is CCOCCCNS(=O)(=O)c1cn(Cc2ccccc2)nc1-c1ccccc1. The van der Waals surface area contributed by atoms with Gasteiger partial charge in [-0.25, -0.2) is 13.1 Å². The highest BCUT2D eigenvalue weighted by Gasteiger charge is 2.23. The maximum absolute atomic E-state index is 12.9. The number of nitrogens with zero attached hydrogens (tertiary/aromatic N) is 2. The van der Waals surface area contributed by atoms with Crippen LogP contribution in [0.1, 0.15) is 18.9 Å². The van der Waals surface area contributed by atoms with E-state index in [0.717, 1.165) is 11.1 Å². The van der Waals surface area contributed by atoms with Gasteiger partial charge in [0.25, 0.3) is 0 Å². The number of aromatic nitrogens is 2. The Labute approximate surface area is 166 Å². The van der Waals surface area contributed by atoms with E-state index in [0.29, 0.717) is 38.4 Å². The third-order valence-corrected chi connectivity index (χ3v) is 5.68. The van der Waals surface area contributed by atoms with Crippen molar-refractivity contribution in [2.24, 2.45) is 0 Å². The molecule has 0 bridgehead atoms. The third-order valence-electron chi connectivity index (χ3n) is 4.21. The maximum atomic E-state index is 12.9. The highest BCUT2D eigenvalue weighted by Crippen LogP contribution is 2.26. The van der Waals surface area contributed by atoms with E-state index < -0.39 is 10.0 Å². The smallest absolute Gasteiger partial charge is 0.244 e. The summed E-state index contributed by atoms with van der Waals surface area (Å²) >= 11 is 0. The minimum absolute atomic E-state index is 0.186. The van der Waals surface area contributed by atoms with Gasteiger partial charge in [-0.15, -0.1) is 0 Å². The summed E-state index contributed by atoms with van der Waals surface area (Å²) in [5.74, 6) is 0. The van der Waals surface area contributed by atoms with Crippen molar-refractivity contribution >= 4 is 10.0 Å². The Morgan fingerprint density at radius 3 is 2.39 bits per heavy atom. The van der Waals surface area contributed by atoms with Crippen LogP contribution in [0, 0.1) is 0 Å². The van der Waals surface area contributed by atoms with E-state index in [1.54, 1.807) is 10.9 Å². The van der Waals surface area contributed by atoms with Crippen LogP contribution in [0.2, 0.25) is 0 Å². The molecule has 3 aromatic rings. The van der Waals surface area contributed by atoms with Crippen molar-refractivity contribution in [1.82, 2.24) is 14.5 Å². The predicted octanol–water partition coefficient (Wildman–Crippen LogP) is 3.30. The van der Waals surface area contributed by atoms with Crippen molar-refractivity contribution < 1.29 is 13.2 Å². The quantitative estimate of drug-likeness (QED) is 0.531. The molecule has 6 nitrogen and oxygen atoms in total. The summed E-state index contributed by atoms with van der Waals surface area (Å²) in [5, 5.41) is 4.57. The second-order valence-electron chi connectivity index (χ2n) is 6.34. The van der Waals surface area contributed by atoms with E-state index in [1.165, 1.54) is 0 Å². The lowest BCUT2D eigenvalue weighted by Crippen LogP contribution is -2.25. The number of rotatable bonds is 10. The van der Waals surface area contributed by atoms with Gasteiger partial charge in [0.15, 0.2) is 0 Å². The van der Waals surface area contributed by atoms with Crippen molar-refractivity contribution in [3.63, 3.8) is 0 Å². The Balaban J connectivity index is 1.87. The summed E-state index contributed by atoms with van der Waals surface area (Å²) in [4.78, 5) is 0.186. The molecule has 28 heavy (non-hydrogen) atoms. The topological polar surface area (TPSA) is 73.2 Å². The zero-order chi connectivity index (χ0) is 19.8. The van der Waals surface area contributed by atoms with E-state index in [2.05, 4.69) is 9.82 Å². The van der Waals surface area contributed by atoms with E-state index >= 15 is 0 Å². The summed E-state index contributed by atoms with van der Waals surface area (Å²) in [6.45, 7) is 3.88. The van der Waals surface area contributed by atoms with Gasteiger partial charge in [0.1, 0.15) is 10.6 Å². The summed E-state index contributed by atoms with van der Waals surface area (Å²) in [5.41, 5.74) is 2.27. The largest absolute Gasteiger partial charge is 0.382 e. The summed E-state index contributed by atoms with van der Waals surface area (Å²) < 4.78 is 35.4. The van der Waals surface area contributed by atoms with Crippen LogP contribution in [-0.2, 0) is 21.3 Å². The molecule has 0 aliphatic carbocycles. The van der Waals surface area contributed by atoms with Gasteiger partial charge < -0.3 is 4.74 Å². The fourth-order valence-corrected chi connectivity index (χ4v) is 4.09. The van der Waals surface area contributed by atoms with Gasteiger partial charge in [-0.2, -0.15) is 5.10 Å². The third kappa shape index (κ3) is 5.28. The Bertz CT molecular complexity index is 971. The molecular weight excluding hydrogens is 374 g/mol. The van der Waals surface area contributed by atoms with Crippen LogP contribution in [0.4, 0.5) is 0 Å². The second-order valence-corrected chi connectivity index (χ2v) is 8.07. The van der Waals surface area contributed by atoms with Crippen LogP contribution in [0.15, 0.2) is 71.8 Å². The lowest BCUT2D eigenvalue weighted by molar-refractivity contribution is 0.146. The standard InChI is InChI=1S/C21H25N3O3S/c1-2-27-15-9-14-22-28(25,26)20-17-24(16-18-10-5-3-6-11-18)23-21(20)19-12-7-4-8-13-19/h3-8,10-13,17,22H,2,9,14-16H2,1H3. The first-order chi connectivity index (χ1) is 13.6. The molecule has 148 valence electrons. The number of benzene rings is 2. The lowest BCUT2D eigenvalue weighted by Gasteiger charge is -2.07. The zero-order valence-corrected chi connectivity index (χ0v) is 16.7. The van der Waals surface area contributed by atoms with Gasteiger partial charge in [-0.3, -0.25) is 4.68 Å². The van der Waals surface area contributed by atoms with Crippen LogP contribution < -0.4 is 4.72 Å². The summed E-state index contributed by atoms with van der Waals surface area (Å²) in [6, 6.07) is 19.2. The van der Waals surface area contributed by atoms with Gasteiger partial charge in [0.2, 0.25) is 10.0 Å². The Hall–Kier alpha value is -2.48. The van der Waals surface area contributed by atoms with Gasteiger partial charge >= 0.3 is 0 Å². The predicted molar refractivity (Wildman–Crippen MR) is 110 cm³/mol. The molecule has 0 saturated carbocycles. The fourth-order valence-electron chi connectivity index (χ4n) is 2.85. The van der Waals surface area contributed by atoms with E-state index in [4.69, 9.17) is 4.74 Å². The van der Waals surface area contributed by atoms with E-state index in [-0.39, 0.29) is 4.90 Å². The van der Waals surface area contributed by atoms with Gasteiger partial charge in [-0.1, -0.05) is 60.7 Å². The number of sulfonamides is 1. The average Bonchev–Trinajstić information content (AvgIpc) is 3.14. The first kappa shape index (κ1) is 20.3. The molecule has 0 aliphatic heterocycles. The molecule has 1 aromatic heterocycles. The minimum Gasteiger partial charge on any atom is -0.382 e. The van der Waals surface area contributed by atoms with Crippen LogP contribution >= 0.6 is 0 Å². The molecule has 0 atom stereocenters.